The van der Waals surface area contributed by atoms with Crippen LogP contribution in [-0.2, 0) is 19.5 Å². The van der Waals surface area contributed by atoms with Gasteiger partial charge >= 0.3 is 0 Å². The van der Waals surface area contributed by atoms with Crippen LogP contribution < -0.4 is 27.2 Å². The number of aromatic nitrogens is 4. The van der Waals surface area contributed by atoms with Gasteiger partial charge in [-0.25, -0.2) is 9.97 Å². The van der Waals surface area contributed by atoms with E-state index in [0.29, 0.717) is 43.0 Å². The average Bonchev–Trinajstić information content (AvgIpc) is 2.91. The first-order valence-electron chi connectivity index (χ1n) is 12.1. The third-order valence-electron chi connectivity index (χ3n) is 6.30. The Balaban J connectivity index is 1.43. The first-order valence-corrected chi connectivity index (χ1v) is 12.1. The summed E-state index contributed by atoms with van der Waals surface area (Å²) in [7, 11) is 0. The van der Waals surface area contributed by atoms with Crippen molar-refractivity contribution in [1.29, 1.82) is 0 Å². The molecule has 184 valence electrons. The van der Waals surface area contributed by atoms with Crippen molar-refractivity contribution in [3.63, 3.8) is 0 Å². The molecular weight excluding hydrogens is 452 g/mol. The minimum Gasteiger partial charge on any atom is -0.392 e. The first kappa shape index (κ1) is 23.5. The zero-order chi connectivity index (χ0) is 25.1. The van der Waals surface area contributed by atoms with E-state index in [4.69, 9.17) is 21.4 Å². The number of benzene rings is 2. The molecule has 0 saturated heterocycles. The fourth-order valence-electron chi connectivity index (χ4n) is 4.56. The molecule has 0 radical (unpaired) electrons. The summed E-state index contributed by atoms with van der Waals surface area (Å²) in [6.45, 7) is 3.86. The number of rotatable bonds is 7. The van der Waals surface area contributed by atoms with E-state index in [1.807, 2.05) is 53.4 Å². The monoisotopic (exact) mass is 482 g/mol. The molecule has 0 saturated carbocycles. The predicted octanol–water partition coefficient (Wildman–Crippen LogP) is 3.33. The van der Waals surface area contributed by atoms with Gasteiger partial charge in [0.05, 0.1) is 0 Å². The highest BCUT2D eigenvalue weighted by molar-refractivity contribution is 5.74. The molecule has 9 nitrogen and oxygen atoms in total. The minimum absolute atomic E-state index is 0.104. The normalized spacial score (nSPS) is 13.8. The number of hydrogen-bond donors (Lipinski definition) is 3. The van der Waals surface area contributed by atoms with Crippen molar-refractivity contribution < 1.29 is 0 Å². The summed E-state index contributed by atoms with van der Waals surface area (Å²) >= 11 is 0. The molecule has 36 heavy (non-hydrogen) atoms. The second-order valence-corrected chi connectivity index (χ2v) is 9.01. The van der Waals surface area contributed by atoms with E-state index < -0.39 is 0 Å². The van der Waals surface area contributed by atoms with Crippen LogP contribution in [0.15, 0.2) is 71.7 Å². The number of fused-ring (bicyclic) bond motifs is 1. The molecule has 5 rings (SSSR count). The standard InChI is InChI=1S/C27H30N8O/c1-18(15-19-7-5-8-20(16-19)17-28)31-26-30-12-11-22(32-26)34-13-6-14-35-25(36)23(29)24(33-27(34)35)21-9-3-2-4-10-21/h2-5,7-12,16,18H,6,13-15,17,28-29H2,1H3,(H,30,31,32). The van der Waals surface area contributed by atoms with Crippen molar-refractivity contribution in [3.8, 4) is 11.3 Å². The van der Waals surface area contributed by atoms with Gasteiger partial charge in [0, 0.05) is 37.4 Å². The second kappa shape index (κ2) is 10.2. The van der Waals surface area contributed by atoms with Crippen LogP contribution in [0.3, 0.4) is 0 Å². The maximum Gasteiger partial charge on any atom is 0.278 e. The molecular formula is C27H30N8O. The van der Waals surface area contributed by atoms with Gasteiger partial charge in [-0.2, -0.15) is 4.98 Å². The molecule has 1 unspecified atom stereocenters. The van der Waals surface area contributed by atoms with Crippen LogP contribution in [0.5, 0.6) is 0 Å². The molecule has 5 N–H and O–H groups in total. The van der Waals surface area contributed by atoms with E-state index in [0.717, 1.165) is 24.0 Å². The van der Waals surface area contributed by atoms with Crippen molar-refractivity contribution in [2.45, 2.75) is 38.9 Å². The molecule has 0 aliphatic carbocycles. The van der Waals surface area contributed by atoms with Crippen molar-refractivity contribution >= 4 is 23.4 Å². The Morgan fingerprint density at radius 2 is 1.83 bits per heavy atom. The van der Waals surface area contributed by atoms with E-state index in [9.17, 15) is 4.79 Å². The van der Waals surface area contributed by atoms with Gasteiger partial charge in [-0.3, -0.25) is 14.3 Å². The molecule has 4 aromatic rings. The van der Waals surface area contributed by atoms with E-state index >= 15 is 0 Å². The Morgan fingerprint density at radius 3 is 2.64 bits per heavy atom. The number of anilines is 4. The van der Waals surface area contributed by atoms with Crippen LogP contribution in [0.4, 0.5) is 23.4 Å². The van der Waals surface area contributed by atoms with Gasteiger partial charge in [0.1, 0.15) is 17.2 Å². The SMILES string of the molecule is CC(Cc1cccc(CN)c1)Nc1nccc(N2CCCn3c2nc(-c2ccccc2)c(N)c3=O)n1. The van der Waals surface area contributed by atoms with E-state index in [-0.39, 0.29) is 17.3 Å². The van der Waals surface area contributed by atoms with Crippen LogP contribution in [0.25, 0.3) is 11.3 Å². The molecule has 0 fully saturated rings. The zero-order valence-corrected chi connectivity index (χ0v) is 20.3. The number of hydrogen-bond acceptors (Lipinski definition) is 8. The predicted molar refractivity (Wildman–Crippen MR) is 143 cm³/mol. The molecule has 9 heteroatoms. The molecule has 0 amide bonds. The summed E-state index contributed by atoms with van der Waals surface area (Å²) in [6.07, 6.45) is 3.31. The van der Waals surface area contributed by atoms with Gasteiger partial charge in [0.2, 0.25) is 11.9 Å². The number of nitrogens with zero attached hydrogens (tertiary/aromatic N) is 5. The van der Waals surface area contributed by atoms with Crippen LogP contribution in [0.1, 0.15) is 24.5 Å². The van der Waals surface area contributed by atoms with E-state index in [2.05, 4.69) is 29.4 Å². The number of nitrogens with two attached hydrogens (primary N) is 2. The average molecular weight is 483 g/mol. The Hall–Kier alpha value is -4.24. The Kier molecular flexibility index (Phi) is 6.64. The summed E-state index contributed by atoms with van der Waals surface area (Å²) < 4.78 is 1.63. The van der Waals surface area contributed by atoms with Crippen molar-refractivity contribution in [3.05, 3.63) is 88.3 Å². The second-order valence-electron chi connectivity index (χ2n) is 9.01. The molecule has 1 aliphatic heterocycles. The molecule has 0 bridgehead atoms. The molecule has 1 atom stereocenters. The van der Waals surface area contributed by atoms with Crippen LogP contribution >= 0.6 is 0 Å². The summed E-state index contributed by atoms with van der Waals surface area (Å²) in [5.41, 5.74) is 15.5. The lowest BCUT2D eigenvalue weighted by Gasteiger charge is -2.30. The Morgan fingerprint density at radius 1 is 1.03 bits per heavy atom. The Bertz CT molecular complexity index is 1420. The van der Waals surface area contributed by atoms with E-state index in [1.54, 1.807) is 10.8 Å². The Labute approximate surface area is 209 Å². The summed E-state index contributed by atoms with van der Waals surface area (Å²) in [5.74, 6) is 1.73. The van der Waals surface area contributed by atoms with Gasteiger partial charge in [-0.1, -0.05) is 54.6 Å². The first-order chi connectivity index (χ1) is 17.5. The zero-order valence-electron chi connectivity index (χ0n) is 20.3. The molecule has 1 aliphatic rings. The highest BCUT2D eigenvalue weighted by Gasteiger charge is 2.25. The maximum atomic E-state index is 13.1. The smallest absolute Gasteiger partial charge is 0.278 e. The largest absolute Gasteiger partial charge is 0.392 e. The van der Waals surface area contributed by atoms with Gasteiger partial charge in [0.15, 0.2) is 0 Å². The van der Waals surface area contributed by atoms with Crippen molar-refractivity contribution in [2.24, 2.45) is 5.73 Å². The summed E-state index contributed by atoms with van der Waals surface area (Å²) in [5, 5.41) is 3.40. The van der Waals surface area contributed by atoms with Gasteiger partial charge < -0.3 is 16.8 Å². The van der Waals surface area contributed by atoms with Crippen molar-refractivity contribution in [2.75, 3.05) is 22.5 Å². The fraction of sp³-hybridized carbons (Fsp3) is 0.259. The van der Waals surface area contributed by atoms with Crippen LogP contribution in [0.2, 0.25) is 0 Å². The molecule has 2 aromatic carbocycles. The fourth-order valence-corrected chi connectivity index (χ4v) is 4.56. The van der Waals surface area contributed by atoms with Crippen LogP contribution in [0, 0.1) is 0 Å². The number of nitrogen functional groups attached to an aromatic ring is 1. The third-order valence-corrected chi connectivity index (χ3v) is 6.30. The topological polar surface area (TPSA) is 128 Å². The van der Waals surface area contributed by atoms with Gasteiger partial charge in [-0.15, -0.1) is 0 Å². The quantitative estimate of drug-likeness (QED) is 0.366. The van der Waals surface area contributed by atoms with Crippen molar-refractivity contribution in [1.82, 2.24) is 19.5 Å². The van der Waals surface area contributed by atoms with Gasteiger partial charge in [0.25, 0.3) is 5.56 Å². The highest BCUT2D eigenvalue weighted by Crippen LogP contribution is 2.30. The van der Waals surface area contributed by atoms with Gasteiger partial charge in [-0.05, 0) is 37.0 Å². The minimum atomic E-state index is -0.232. The summed E-state index contributed by atoms with van der Waals surface area (Å²) in [6, 6.07) is 19.7. The molecule has 0 spiro atoms. The lowest BCUT2D eigenvalue weighted by atomic mass is 10.0. The van der Waals surface area contributed by atoms with E-state index in [1.165, 1.54) is 5.56 Å². The highest BCUT2D eigenvalue weighted by atomic mass is 16.1. The van der Waals surface area contributed by atoms with Crippen LogP contribution in [-0.4, -0.2) is 32.1 Å². The molecule has 2 aromatic heterocycles. The molecule has 3 heterocycles. The third kappa shape index (κ3) is 4.78. The maximum absolute atomic E-state index is 13.1. The lowest BCUT2D eigenvalue weighted by Crippen LogP contribution is -2.37. The summed E-state index contributed by atoms with van der Waals surface area (Å²) in [4.78, 5) is 29.1. The lowest BCUT2D eigenvalue weighted by molar-refractivity contribution is 0.563. The number of nitrogens with one attached hydrogen (secondary N) is 1.